The number of aromatic nitrogens is 2. The Morgan fingerprint density at radius 2 is 2.25 bits per heavy atom. The molecule has 0 saturated heterocycles. The van der Waals surface area contributed by atoms with Gasteiger partial charge in [0.05, 0.1) is 14.1 Å². The van der Waals surface area contributed by atoms with Crippen molar-refractivity contribution in [2.24, 2.45) is 0 Å². The summed E-state index contributed by atoms with van der Waals surface area (Å²) in [7, 11) is 0. The first-order chi connectivity index (χ1) is 7.59. The number of hydrogen-bond acceptors (Lipinski definition) is 3. The van der Waals surface area contributed by atoms with Crippen molar-refractivity contribution in [3.63, 3.8) is 0 Å². The lowest BCUT2D eigenvalue weighted by molar-refractivity contribution is 0.803. The van der Waals surface area contributed by atoms with Crippen LogP contribution < -0.4 is 5.56 Å². The molecule has 0 aromatic carbocycles. The lowest BCUT2D eigenvalue weighted by Gasteiger charge is -2.08. The number of nitrogens with one attached hydrogen (secondary N) is 1. The van der Waals surface area contributed by atoms with Crippen LogP contribution in [0.3, 0.4) is 0 Å². The maximum Gasteiger partial charge on any atom is 0.264 e. The van der Waals surface area contributed by atoms with E-state index in [0.717, 1.165) is 10.6 Å². The minimum absolute atomic E-state index is 0.0531. The highest BCUT2D eigenvalue weighted by molar-refractivity contribution is 14.1. The summed E-state index contributed by atoms with van der Waals surface area (Å²) in [6, 6.07) is 3.91. The molecule has 0 aliphatic heterocycles. The van der Waals surface area contributed by atoms with Gasteiger partial charge in [-0.05, 0) is 40.0 Å². The predicted octanol–water partition coefficient (Wildman–Crippen LogP) is 3.23. The Kier molecular flexibility index (Phi) is 3.44. The summed E-state index contributed by atoms with van der Waals surface area (Å²) in [5.74, 6) is 0.928. The van der Waals surface area contributed by atoms with Crippen LogP contribution in [0.25, 0.3) is 10.7 Å². The molecule has 0 radical (unpaired) electrons. The Morgan fingerprint density at radius 1 is 1.50 bits per heavy atom. The lowest BCUT2D eigenvalue weighted by Crippen LogP contribution is -2.16. The molecule has 2 rings (SSSR count). The van der Waals surface area contributed by atoms with Gasteiger partial charge in [-0.3, -0.25) is 4.79 Å². The summed E-state index contributed by atoms with van der Waals surface area (Å²) in [5.41, 5.74) is 0.815. The van der Waals surface area contributed by atoms with Crippen molar-refractivity contribution in [2.75, 3.05) is 0 Å². The van der Waals surface area contributed by atoms with E-state index in [0.29, 0.717) is 9.39 Å². The van der Waals surface area contributed by atoms with E-state index in [1.165, 1.54) is 0 Å². The molecular weight excluding hydrogens is 335 g/mol. The van der Waals surface area contributed by atoms with Gasteiger partial charge in [-0.1, -0.05) is 19.9 Å². The van der Waals surface area contributed by atoms with Crippen LogP contribution in [0.15, 0.2) is 22.3 Å². The molecule has 0 fully saturated rings. The fourth-order valence-corrected chi connectivity index (χ4v) is 2.94. The van der Waals surface area contributed by atoms with E-state index in [1.807, 2.05) is 31.4 Å². The van der Waals surface area contributed by atoms with Gasteiger partial charge in [0.1, 0.15) is 0 Å². The van der Waals surface area contributed by atoms with Gasteiger partial charge in [0.15, 0.2) is 5.82 Å². The van der Waals surface area contributed by atoms with Crippen molar-refractivity contribution in [3.8, 4) is 10.7 Å². The largest absolute Gasteiger partial charge is 0.305 e. The van der Waals surface area contributed by atoms with Gasteiger partial charge in [0.2, 0.25) is 0 Å². The molecule has 5 heteroatoms. The Bertz CT molecular complexity index is 546. The van der Waals surface area contributed by atoms with E-state index >= 15 is 0 Å². The summed E-state index contributed by atoms with van der Waals surface area (Å²) in [6.45, 7) is 4.09. The average molecular weight is 346 g/mol. The summed E-state index contributed by atoms with van der Waals surface area (Å²) in [6.07, 6.45) is 0. The van der Waals surface area contributed by atoms with E-state index in [1.54, 1.807) is 11.3 Å². The maximum absolute atomic E-state index is 11.8. The number of rotatable bonds is 2. The third kappa shape index (κ3) is 2.20. The normalized spacial score (nSPS) is 11.0. The number of halogens is 1. The Balaban J connectivity index is 2.62. The maximum atomic E-state index is 11.8. The van der Waals surface area contributed by atoms with Crippen molar-refractivity contribution < 1.29 is 0 Å². The lowest BCUT2D eigenvalue weighted by atomic mass is 10.1. The zero-order valence-electron chi connectivity index (χ0n) is 8.95. The summed E-state index contributed by atoms with van der Waals surface area (Å²) in [5, 5.41) is 1.97. The van der Waals surface area contributed by atoms with Crippen LogP contribution in [0.5, 0.6) is 0 Å². The number of aromatic amines is 1. The van der Waals surface area contributed by atoms with Crippen molar-refractivity contribution in [1.29, 1.82) is 0 Å². The molecular formula is C11H11IN2OS. The van der Waals surface area contributed by atoms with Crippen molar-refractivity contribution >= 4 is 33.9 Å². The molecule has 0 aliphatic carbocycles. The second-order valence-electron chi connectivity index (χ2n) is 3.75. The highest BCUT2D eigenvalue weighted by Crippen LogP contribution is 2.23. The Hall–Kier alpha value is -0.690. The molecule has 2 aromatic heterocycles. The molecule has 0 amide bonds. The number of hydrogen-bond donors (Lipinski definition) is 1. The predicted molar refractivity (Wildman–Crippen MR) is 75.0 cm³/mol. The molecule has 3 nitrogen and oxygen atoms in total. The van der Waals surface area contributed by atoms with Crippen LogP contribution >= 0.6 is 33.9 Å². The number of nitrogens with zero attached hydrogens (tertiary/aromatic N) is 1. The van der Waals surface area contributed by atoms with E-state index in [2.05, 4.69) is 32.6 Å². The monoisotopic (exact) mass is 346 g/mol. The SMILES string of the molecule is CC(C)c1nc(-c2cccs2)[nH]c(=O)c1I. The summed E-state index contributed by atoms with van der Waals surface area (Å²) < 4.78 is 0.688. The van der Waals surface area contributed by atoms with Crippen molar-refractivity contribution in [1.82, 2.24) is 9.97 Å². The fourth-order valence-electron chi connectivity index (χ4n) is 1.39. The quantitative estimate of drug-likeness (QED) is 0.849. The molecule has 0 aliphatic rings. The highest BCUT2D eigenvalue weighted by atomic mass is 127. The van der Waals surface area contributed by atoms with Gasteiger partial charge in [-0.2, -0.15) is 0 Å². The van der Waals surface area contributed by atoms with E-state index in [-0.39, 0.29) is 11.5 Å². The van der Waals surface area contributed by atoms with E-state index < -0.39 is 0 Å². The first-order valence-electron chi connectivity index (χ1n) is 4.93. The van der Waals surface area contributed by atoms with Crippen LogP contribution in [0.1, 0.15) is 25.5 Å². The second-order valence-corrected chi connectivity index (χ2v) is 5.77. The topological polar surface area (TPSA) is 45.8 Å². The highest BCUT2D eigenvalue weighted by Gasteiger charge is 2.13. The van der Waals surface area contributed by atoms with Crippen LogP contribution in [0.2, 0.25) is 0 Å². The summed E-state index contributed by atoms with van der Waals surface area (Å²) >= 11 is 3.63. The smallest absolute Gasteiger partial charge is 0.264 e. The molecule has 0 spiro atoms. The van der Waals surface area contributed by atoms with Crippen molar-refractivity contribution in [2.45, 2.75) is 19.8 Å². The van der Waals surface area contributed by atoms with Gasteiger partial charge >= 0.3 is 0 Å². The van der Waals surface area contributed by atoms with Crippen LogP contribution in [0, 0.1) is 3.57 Å². The molecule has 1 N–H and O–H groups in total. The summed E-state index contributed by atoms with van der Waals surface area (Å²) in [4.78, 5) is 20.1. The average Bonchev–Trinajstić information content (AvgIpc) is 2.74. The first-order valence-corrected chi connectivity index (χ1v) is 6.89. The molecule has 0 unspecified atom stereocenters. The molecule has 0 atom stereocenters. The third-order valence-electron chi connectivity index (χ3n) is 2.19. The molecule has 2 heterocycles. The van der Waals surface area contributed by atoms with Crippen molar-refractivity contribution in [3.05, 3.63) is 37.1 Å². The molecule has 0 saturated carbocycles. The minimum atomic E-state index is -0.0531. The number of H-pyrrole nitrogens is 1. The van der Waals surface area contributed by atoms with Gasteiger partial charge in [0.25, 0.3) is 5.56 Å². The van der Waals surface area contributed by atoms with Gasteiger partial charge in [-0.25, -0.2) is 4.98 Å². The van der Waals surface area contributed by atoms with Gasteiger partial charge in [-0.15, -0.1) is 11.3 Å². The zero-order chi connectivity index (χ0) is 11.7. The van der Waals surface area contributed by atoms with Crippen LogP contribution in [-0.2, 0) is 0 Å². The van der Waals surface area contributed by atoms with E-state index in [9.17, 15) is 4.79 Å². The molecule has 16 heavy (non-hydrogen) atoms. The standard InChI is InChI=1S/C11H11IN2OS/c1-6(2)9-8(12)11(15)14-10(13-9)7-4-3-5-16-7/h3-6H,1-2H3,(H,13,14,15). The van der Waals surface area contributed by atoms with Gasteiger partial charge in [0, 0.05) is 0 Å². The Labute approximate surface area is 111 Å². The number of thiophene rings is 1. The second kappa shape index (κ2) is 4.67. The van der Waals surface area contributed by atoms with Gasteiger partial charge < -0.3 is 4.98 Å². The molecule has 0 bridgehead atoms. The first kappa shape index (κ1) is 11.8. The zero-order valence-corrected chi connectivity index (χ0v) is 11.9. The van der Waals surface area contributed by atoms with Crippen LogP contribution in [-0.4, -0.2) is 9.97 Å². The van der Waals surface area contributed by atoms with Crippen LogP contribution in [0.4, 0.5) is 0 Å². The third-order valence-corrected chi connectivity index (χ3v) is 4.11. The minimum Gasteiger partial charge on any atom is -0.305 e. The molecule has 84 valence electrons. The molecule has 2 aromatic rings. The fraction of sp³-hybridized carbons (Fsp3) is 0.273. The van der Waals surface area contributed by atoms with E-state index in [4.69, 9.17) is 0 Å². The Morgan fingerprint density at radius 3 is 2.81 bits per heavy atom.